The molecule has 0 aliphatic heterocycles. The molecule has 0 atom stereocenters. The number of H-pyrrole nitrogens is 1. The molecule has 0 unspecified atom stereocenters. The predicted molar refractivity (Wildman–Crippen MR) is 108 cm³/mol. The van der Waals surface area contributed by atoms with E-state index in [-0.39, 0.29) is 24.7 Å². The second-order valence-electron chi connectivity index (χ2n) is 6.47. The van der Waals surface area contributed by atoms with Crippen molar-refractivity contribution in [2.24, 2.45) is 0 Å². The van der Waals surface area contributed by atoms with Crippen molar-refractivity contribution in [3.05, 3.63) is 58.6 Å². The molecule has 3 aromatic rings. The lowest BCUT2D eigenvalue weighted by Crippen LogP contribution is -2.25. The van der Waals surface area contributed by atoms with Gasteiger partial charge in [0.05, 0.1) is 25.8 Å². The third-order valence-corrected chi connectivity index (χ3v) is 4.50. The fourth-order valence-corrected chi connectivity index (χ4v) is 3.09. The van der Waals surface area contributed by atoms with Gasteiger partial charge in [0.2, 0.25) is 11.8 Å². The summed E-state index contributed by atoms with van der Waals surface area (Å²) in [5.74, 6) is -0.154. The van der Waals surface area contributed by atoms with E-state index in [2.05, 4.69) is 25.8 Å². The number of carboxylic acid groups (broad SMARTS) is 1. The summed E-state index contributed by atoms with van der Waals surface area (Å²) in [6.45, 7) is 3.73. The van der Waals surface area contributed by atoms with Crippen LogP contribution in [0.4, 0.5) is 5.69 Å². The van der Waals surface area contributed by atoms with Crippen LogP contribution in [0.3, 0.4) is 0 Å². The minimum Gasteiger partial charge on any atom is -0.497 e. The van der Waals surface area contributed by atoms with Gasteiger partial charge in [-0.2, -0.15) is 0 Å². The summed E-state index contributed by atoms with van der Waals surface area (Å²) in [6, 6.07) is 7.27. The van der Waals surface area contributed by atoms with Gasteiger partial charge >= 0.3 is 5.97 Å². The maximum atomic E-state index is 12.9. The minimum absolute atomic E-state index is 0.00261. The number of carboxylic acids is 1. The Labute approximate surface area is 172 Å². The second kappa shape index (κ2) is 9.12. The van der Waals surface area contributed by atoms with E-state index in [1.807, 2.05) is 12.1 Å². The Morgan fingerprint density at radius 2 is 1.93 bits per heavy atom. The first-order valence-electron chi connectivity index (χ1n) is 9.35. The molecular formula is C20H23N5O5. The van der Waals surface area contributed by atoms with Gasteiger partial charge in [-0.1, -0.05) is 6.92 Å². The molecule has 0 aliphatic rings. The highest BCUT2D eigenvalue weighted by Crippen LogP contribution is 2.23. The lowest BCUT2D eigenvalue weighted by molar-refractivity contribution is 0.0690. The number of benzene rings is 1. The van der Waals surface area contributed by atoms with Crippen LogP contribution < -0.4 is 15.4 Å². The van der Waals surface area contributed by atoms with Gasteiger partial charge in [-0.15, -0.1) is 10.2 Å². The Hall–Kier alpha value is -3.82. The maximum absolute atomic E-state index is 12.9. The van der Waals surface area contributed by atoms with Crippen molar-refractivity contribution in [3.8, 4) is 5.75 Å². The second-order valence-corrected chi connectivity index (χ2v) is 6.47. The highest BCUT2D eigenvalue weighted by atomic mass is 16.5. The summed E-state index contributed by atoms with van der Waals surface area (Å²) in [6.07, 6.45) is 0.378. The molecule has 2 heterocycles. The highest BCUT2D eigenvalue weighted by Gasteiger charge is 2.25. The van der Waals surface area contributed by atoms with Gasteiger partial charge in [-0.3, -0.25) is 4.79 Å². The summed E-state index contributed by atoms with van der Waals surface area (Å²) in [7, 11) is 1.58. The van der Waals surface area contributed by atoms with Crippen LogP contribution in [0.5, 0.6) is 5.75 Å². The topological polar surface area (TPSA) is 142 Å². The fourth-order valence-electron chi connectivity index (χ4n) is 3.09. The summed E-state index contributed by atoms with van der Waals surface area (Å²) in [5, 5.41) is 23.0. The number of aromatic nitrogens is 3. The molecule has 0 saturated heterocycles. The zero-order valence-electron chi connectivity index (χ0n) is 16.9. The molecule has 10 nitrogen and oxygen atoms in total. The molecule has 0 radical (unpaired) electrons. The van der Waals surface area contributed by atoms with E-state index in [1.165, 1.54) is 0 Å². The fraction of sp³-hybridized carbons (Fsp3) is 0.300. The van der Waals surface area contributed by atoms with Gasteiger partial charge in [-0.05, 0) is 36.2 Å². The number of carbonyl (C=O) groups excluding carboxylic acids is 1. The van der Waals surface area contributed by atoms with E-state index in [9.17, 15) is 14.7 Å². The van der Waals surface area contributed by atoms with Crippen LogP contribution in [0.25, 0.3) is 0 Å². The molecule has 0 aliphatic carbocycles. The number of amides is 1. The molecular weight excluding hydrogens is 390 g/mol. The molecule has 3 rings (SSSR count). The van der Waals surface area contributed by atoms with Crippen LogP contribution >= 0.6 is 0 Å². The van der Waals surface area contributed by atoms with Crippen LogP contribution in [0.1, 0.15) is 50.8 Å². The summed E-state index contributed by atoms with van der Waals surface area (Å²) >= 11 is 0. The van der Waals surface area contributed by atoms with Gasteiger partial charge in [-0.25, -0.2) is 4.79 Å². The number of aromatic carboxylic acids is 1. The molecule has 0 bridgehead atoms. The van der Waals surface area contributed by atoms with Gasteiger partial charge < -0.3 is 29.9 Å². The molecule has 0 fully saturated rings. The first-order chi connectivity index (χ1) is 14.4. The van der Waals surface area contributed by atoms with Crippen molar-refractivity contribution in [1.29, 1.82) is 0 Å². The smallest absolute Gasteiger partial charge is 0.352 e. The lowest BCUT2D eigenvalue weighted by atomic mass is 10.0. The van der Waals surface area contributed by atoms with E-state index in [4.69, 9.17) is 9.15 Å². The van der Waals surface area contributed by atoms with Crippen LogP contribution in [0.2, 0.25) is 0 Å². The van der Waals surface area contributed by atoms with Crippen LogP contribution in [0.15, 0.2) is 28.7 Å². The average molecular weight is 413 g/mol. The molecule has 30 heavy (non-hydrogen) atoms. The summed E-state index contributed by atoms with van der Waals surface area (Å²) in [5.41, 5.74) is 2.01. The van der Waals surface area contributed by atoms with Crippen molar-refractivity contribution >= 4 is 17.6 Å². The Morgan fingerprint density at radius 1 is 1.20 bits per heavy atom. The van der Waals surface area contributed by atoms with Gasteiger partial charge in [0, 0.05) is 18.3 Å². The number of nitrogens with one attached hydrogen (secondary N) is 3. The number of aromatic amines is 1. The molecule has 4 N–H and O–H groups in total. The lowest BCUT2D eigenvalue weighted by Gasteiger charge is -2.10. The van der Waals surface area contributed by atoms with Gasteiger partial charge in [0.15, 0.2) is 0 Å². The monoisotopic (exact) mass is 413 g/mol. The number of hydrogen-bond acceptors (Lipinski definition) is 7. The highest BCUT2D eigenvalue weighted by molar-refractivity contribution is 6.01. The molecule has 1 aromatic carbocycles. The number of anilines is 1. The molecule has 10 heteroatoms. The van der Waals surface area contributed by atoms with Crippen LogP contribution in [0, 0.1) is 6.92 Å². The van der Waals surface area contributed by atoms with E-state index in [0.717, 1.165) is 11.4 Å². The third kappa shape index (κ3) is 4.59. The van der Waals surface area contributed by atoms with E-state index in [1.54, 1.807) is 33.1 Å². The molecule has 0 spiro atoms. The molecule has 1 amide bonds. The zero-order chi connectivity index (χ0) is 21.7. The SMILES string of the molecule is CCc1c(C(=O)O)[nH]c(CNc2ccc(OC)cc2)c1C(=O)NCc1nnc(C)o1. The van der Waals surface area contributed by atoms with Crippen molar-refractivity contribution in [2.45, 2.75) is 33.4 Å². The minimum atomic E-state index is -1.12. The van der Waals surface area contributed by atoms with Crippen molar-refractivity contribution < 1.29 is 23.8 Å². The Balaban J connectivity index is 1.83. The van der Waals surface area contributed by atoms with Crippen LogP contribution in [-0.2, 0) is 19.5 Å². The largest absolute Gasteiger partial charge is 0.497 e. The van der Waals surface area contributed by atoms with Crippen LogP contribution in [-0.4, -0.2) is 39.3 Å². The van der Waals surface area contributed by atoms with Crippen molar-refractivity contribution in [1.82, 2.24) is 20.5 Å². The summed E-state index contributed by atoms with van der Waals surface area (Å²) < 4.78 is 10.4. The third-order valence-electron chi connectivity index (χ3n) is 4.50. The Morgan fingerprint density at radius 3 is 2.50 bits per heavy atom. The maximum Gasteiger partial charge on any atom is 0.352 e. The first-order valence-corrected chi connectivity index (χ1v) is 9.35. The number of aryl methyl sites for hydroxylation is 1. The Bertz CT molecular complexity index is 1040. The van der Waals surface area contributed by atoms with Gasteiger partial charge in [0.25, 0.3) is 5.91 Å². The molecule has 0 saturated carbocycles. The predicted octanol–water partition coefficient (Wildman–Crippen LogP) is 2.52. The number of hydrogen-bond donors (Lipinski definition) is 4. The van der Waals surface area contributed by atoms with Crippen molar-refractivity contribution in [2.75, 3.05) is 12.4 Å². The van der Waals surface area contributed by atoms with Crippen molar-refractivity contribution in [3.63, 3.8) is 0 Å². The molecule has 158 valence electrons. The first kappa shape index (κ1) is 20.9. The average Bonchev–Trinajstić information content (AvgIpc) is 3.34. The van der Waals surface area contributed by atoms with E-state index >= 15 is 0 Å². The summed E-state index contributed by atoms with van der Waals surface area (Å²) in [4.78, 5) is 27.4. The van der Waals surface area contributed by atoms with Gasteiger partial charge in [0.1, 0.15) is 11.4 Å². The normalized spacial score (nSPS) is 10.6. The molecule has 2 aromatic heterocycles. The number of ether oxygens (including phenoxy) is 1. The van der Waals surface area contributed by atoms with E-state index in [0.29, 0.717) is 29.1 Å². The quantitative estimate of drug-likeness (QED) is 0.419. The number of methoxy groups -OCH3 is 1. The number of carbonyl (C=O) groups is 2. The standard InChI is InChI=1S/C20H23N5O5/c1-4-14-17(19(26)22-10-16-25-24-11(2)30-16)15(23-18(14)20(27)28)9-21-12-5-7-13(29-3)8-6-12/h5-8,21,23H,4,9-10H2,1-3H3,(H,22,26)(H,27,28). The zero-order valence-corrected chi connectivity index (χ0v) is 16.9. The number of nitrogens with zero attached hydrogens (tertiary/aromatic N) is 2. The Kier molecular flexibility index (Phi) is 6.35. The number of rotatable bonds is 9. The van der Waals surface area contributed by atoms with E-state index < -0.39 is 11.9 Å².